The highest BCUT2D eigenvalue weighted by molar-refractivity contribution is 5.28. The van der Waals surface area contributed by atoms with Crippen LogP contribution < -0.4 is 10.5 Å². The van der Waals surface area contributed by atoms with E-state index in [1.165, 1.54) is 18.4 Å². The fourth-order valence-corrected chi connectivity index (χ4v) is 2.01. The van der Waals surface area contributed by atoms with E-state index in [1.54, 1.807) is 0 Å². The molecule has 0 unspecified atom stereocenters. The van der Waals surface area contributed by atoms with E-state index in [-0.39, 0.29) is 11.6 Å². The number of hydrogen-bond acceptors (Lipinski definition) is 3. The fourth-order valence-electron chi connectivity index (χ4n) is 2.01. The Morgan fingerprint density at radius 1 is 1.24 bits per heavy atom. The van der Waals surface area contributed by atoms with Gasteiger partial charge in [-0.3, -0.25) is 0 Å². The van der Waals surface area contributed by atoms with E-state index in [2.05, 4.69) is 12.1 Å². The highest BCUT2D eigenvalue weighted by atomic mass is 16.6. The van der Waals surface area contributed by atoms with Gasteiger partial charge in [0.2, 0.25) is 0 Å². The molecule has 0 bridgehead atoms. The average molecular weight is 233 g/mol. The van der Waals surface area contributed by atoms with Crippen molar-refractivity contribution < 1.29 is 9.47 Å². The minimum Gasteiger partial charge on any atom is -0.486 e. The van der Waals surface area contributed by atoms with Crippen LogP contribution >= 0.6 is 0 Å². The summed E-state index contributed by atoms with van der Waals surface area (Å²) >= 11 is 0. The first kappa shape index (κ1) is 11.1. The minimum atomic E-state index is 0.151. The third-order valence-electron chi connectivity index (χ3n) is 3.64. The van der Waals surface area contributed by atoms with Gasteiger partial charge in [-0.15, -0.1) is 0 Å². The summed E-state index contributed by atoms with van der Waals surface area (Å²) in [7, 11) is 0. The second kappa shape index (κ2) is 4.31. The lowest BCUT2D eigenvalue weighted by Crippen LogP contribution is -2.38. The van der Waals surface area contributed by atoms with Crippen molar-refractivity contribution in [3.8, 4) is 5.75 Å². The molecule has 2 fully saturated rings. The second-order valence-electron chi connectivity index (χ2n) is 5.28. The Kier molecular flexibility index (Phi) is 2.81. The first-order chi connectivity index (χ1) is 8.23. The van der Waals surface area contributed by atoms with Crippen molar-refractivity contribution in [3.63, 3.8) is 0 Å². The number of aryl methyl sites for hydroxylation is 1. The Bertz CT molecular complexity index is 380. The maximum atomic E-state index is 6.08. The van der Waals surface area contributed by atoms with Crippen molar-refractivity contribution in [2.24, 2.45) is 5.73 Å². The molecule has 17 heavy (non-hydrogen) atoms. The van der Waals surface area contributed by atoms with Crippen LogP contribution in [0.4, 0.5) is 0 Å². The van der Waals surface area contributed by atoms with Crippen molar-refractivity contribution in [2.45, 2.75) is 37.3 Å². The molecule has 1 aromatic rings. The average Bonchev–Trinajstić information content (AvgIpc) is 3.02. The molecule has 1 aromatic carbocycles. The van der Waals surface area contributed by atoms with Crippen LogP contribution in [0.5, 0.6) is 5.75 Å². The van der Waals surface area contributed by atoms with Crippen LogP contribution in [0.2, 0.25) is 0 Å². The number of hydrogen-bond donors (Lipinski definition) is 1. The second-order valence-corrected chi connectivity index (χ2v) is 5.28. The molecule has 3 nitrogen and oxygen atoms in total. The summed E-state index contributed by atoms with van der Waals surface area (Å²) in [6.07, 6.45) is 4.80. The van der Waals surface area contributed by atoms with Gasteiger partial charge in [0.1, 0.15) is 11.9 Å². The van der Waals surface area contributed by atoms with Gasteiger partial charge >= 0.3 is 0 Å². The van der Waals surface area contributed by atoms with Gasteiger partial charge in [0, 0.05) is 5.54 Å². The highest BCUT2D eigenvalue weighted by Gasteiger charge is 2.37. The first-order valence-electron chi connectivity index (χ1n) is 6.36. The number of benzene rings is 1. The molecule has 2 N–H and O–H groups in total. The predicted octanol–water partition coefficient (Wildman–Crippen LogP) is 1.89. The van der Waals surface area contributed by atoms with Gasteiger partial charge in [0.05, 0.1) is 13.2 Å². The van der Waals surface area contributed by atoms with E-state index in [0.717, 1.165) is 31.8 Å². The molecule has 92 valence electrons. The topological polar surface area (TPSA) is 44.5 Å². The Hall–Kier alpha value is -1.06. The third kappa shape index (κ3) is 2.79. The number of ether oxygens (including phenoxy) is 2. The summed E-state index contributed by atoms with van der Waals surface area (Å²) < 4.78 is 10.8. The first-order valence-corrected chi connectivity index (χ1v) is 6.36. The van der Waals surface area contributed by atoms with Gasteiger partial charge in [-0.1, -0.05) is 12.1 Å². The Morgan fingerprint density at radius 2 is 1.94 bits per heavy atom. The van der Waals surface area contributed by atoms with Gasteiger partial charge in [-0.2, -0.15) is 0 Å². The van der Waals surface area contributed by atoms with Crippen LogP contribution in [0.25, 0.3) is 0 Å². The lowest BCUT2D eigenvalue weighted by molar-refractivity contribution is -0.0796. The van der Waals surface area contributed by atoms with E-state index >= 15 is 0 Å². The largest absolute Gasteiger partial charge is 0.486 e. The molecule has 0 aromatic heterocycles. The zero-order valence-electron chi connectivity index (χ0n) is 10.0. The summed E-state index contributed by atoms with van der Waals surface area (Å²) in [4.78, 5) is 0. The Labute approximate surface area is 102 Å². The van der Waals surface area contributed by atoms with Crippen LogP contribution in [-0.4, -0.2) is 24.9 Å². The number of nitrogens with two attached hydrogens (primary N) is 1. The van der Waals surface area contributed by atoms with E-state index < -0.39 is 0 Å². The lowest BCUT2D eigenvalue weighted by atomic mass is 10.0. The fraction of sp³-hybridized carbons (Fsp3) is 0.571. The van der Waals surface area contributed by atoms with E-state index in [9.17, 15) is 0 Å². The van der Waals surface area contributed by atoms with Crippen molar-refractivity contribution in [2.75, 3.05) is 13.2 Å². The van der Waals surface area contributed by atoms with Crippen molar-refractivity contribution in [1.29, 1.82) is 0 Å². The summed E-state index contributed by atoms with van der Waals surface area (Å²) in [5.41, 5.74) is 7.57. The summed E-state index contributed by atoms with van der Waals surface area (Å²) in [5, 5.41) is 0. The smallest absolute Gasteiger partial charge is 0.145 e. The standard InChI is InChI=1S/C14H19NO2/c15-14(7-8-14)6-5-11-1-3-12(4-2-11)17-13-9-16-10-13/h1-4,13H,5-10,15H2. The molecule has 1 saturated heterocycles. The SMILES string of the molecule is NC1(CCc2ccc(OC3COC3)cc2)CC1. The van der Waals surface area contributed by atoms with E-state index in [4.69, 9.17) is 15.2 Å². The molecule has 0 amide bonds. The summed E-state index contributed by atoms with van der Waals surface area (Å²) in [6.45, 7) is 1.44. The molecule has 3 heteroatoms. The van der Waals surface area contributed by atoms with Crippen molar-refractivity contribution in [1.82, 2.24) is 0 Å². The zero-order chi connectivity index (χ0) is 11.7. The molecule has 0 radical (unpaired) electrons. The molecule has 2 aliphatic rings. The molecule has 1 saturated carbocycles. The third-order valence-corrected chi connectivity index (χ3v) is 3.64. The maximum absolute atomic E-state index is 6.08. The van der Waals surface area contributed by atoms with Crippen LogP contribution in [0.3, 0.4) is 0 Å². The summed E-state index contributed by atoms with van der Waals surface area (Å²) in [6, 6.07) is 8.37. The lowest BCUT2D eigenvalue weighted by Gasteiger charge is -2.26. The van der Waals surface area contributed by atoms with Crippen LogP contribution in [-0.2, 0) is 11.2 Å². The van der Waals surface area contributed by atoms with Crippen LogP contribution in [0.1, 0.15) is 24.8 Å². The van der Waals surface area contributed by atoms with Crippen LogP contribution in [0.15, 0.2) is 24.3 Å². The van der Waals surface area contributed by atoms with Crippen LogP contribution in [0, 0.1) is 0 Å². The zero-order valence-corrected chi connectivity index (χ0v) is 10.0. The summed E-state index contributed by atoms with van der Waals surface area (Å²) in [5.74, 6) is 0.941. The maximum Gasteiger partial charge on any atom is 0.145 e. The monoisotopic (exact) mass is 233 g/mol. The van der Waals surface area contributed by atoms with E-state index in [0.29, 0.717) is 0 Å². The molecule has 0 atom stereocenters. The highest BCUT2D eigenvalue weighted by Crippen LogP contribution is 2.36. The molecule has 1 heterocycles. The molecule has 1 aliphatic carbocycles. The molecule has 1 aliphatic heterocycles. The van der Waals surface area contributed by atoms with Gasteiger partial charge in [0.15, 0.2) is 0 Å². The van der Waals surface area contributed by atoms with Crippen molar-refractivity contribution in [3.05, 3.63) is 29.8 Å². The number of rotatable bonds is 5. The van der Waals surface area contributed by atoms with E-state index in [1.807, 2.05) is 12.1 Å². The molecule has 3 rings (SSSR count). The van der Waals surface area contributed by atoms with Gasteiger partial charge < -0.3 is 15.2 Å². The Balaban J connectivity index is 1.51. The molecular weight excluding hydrogens is 214 g/mol. The minimum absolute atomic E-state index is 0.151. The normalized spacial score (nSPS) is 21.9. The van der Waals surface area contributed by atoms with Gasteiger partial charge in [0.25, 0.3) is 0 Å². The predicted molar refractivity (Wildman–Crippen MR) is 66.2 cm³/mol. The van der Waals surface area contributed by atoms with Crippen molar-refractivity contribution >= 4 is 0 Å². The van der Waals surface area contributed by atoms with Gasteiger partial charge in [-0.25, -0.2) is 0 Å². The quantitative estimate of drug-likeness (QED) is 0.844. The molecule has 0 spiro atoms. The Morgan fingerprint density at radius 3 is 2.47 bits per heavy atom. The van der Waals surface area contributed by atoms with Gasteiger partial charge in [-0.05, 0) is 43.4 Å². The molecular formula is C14H19NO2.